The Hall–Kier alpha value is -11.4. The number of aryl methyl sites for hydroxylation is 1. The van der Waals surface area contributed by atoms with Crippen molar-refractivity contribution in [3.8, 4) is 0 Å². The number of rotatable bonds is 20. The molecule has 23 nitrogen and oxygen atoms in total. The van der Waals surface area contributed by atoms with Gasteiger partial charge in [-0.2, -0.15) is 39.5 Å². The van der Waals surface area contributed by atoms with Gasteiger partial charge in [-0.1, -0.05) is 48.9 Å². The van der Waals surface area contributed by atoms with Gasteiger partial charge in [0.25, 0.3) is 0 Å². The first kappa shape index (κ1) is 80.7. The first-order chi connectivity index (χ1) is 51.6. The smallest absolute Gasteiger partial charge is 0.383 e. The average Bonchev–Trinajstić information content (AvgIpc) is 0.800. The number of halogens is 9. The van der Waals surface area contributed by atoms with Gasteiger partial charge in [0.2, 0.25) is 23.1 Å². The van der Waals surface area contributed by atoms with Crippen molar-refractivity contribution in [3.63, 3.8) is 0 Å². The molecule has 0 radical (unpaired) electrons. The van der Waals surface area contributed by atoms with Crippen LogP contribution >= 0.6 is 0 Å². The third-order valence-electron chi connectivity index (χ3n) is 17.6. The second-order valence-electron chi connectivity index (χ2n) is 25.2. The molecule has 8 aromatic heterocycles. The molecule has 3 fully saturated rings. The highest BCUT2D eigenvalue weighted by atomic mass is 19.4. The Morgan fingerprint density at radius 3 is 1.63 bits per heavy atom. The Morgan fingerprint density at radius 1 is 0.574 bits per heavy atom. The maximum Gasteiger partial charge on any atom is 0.418 e. The number of nitrogens with zero attached hydrogens (tertiary/aromatic N) is 10. The van der Waals surface area contributed by atoms with Gasteiger partial charge in [-0.15, -0.1) is 0 Å². The Morgan fingerprint density at radius 2 is 1.11 bits per heavy atom. The molecule has 3 aliphatic heterocycles. The van der Waals surface area contributed by atoms with Crippen LogP contribution in [0.5, 0.6) is 0 Å². The lowest BCUT2D eigenvalue weighted by Gasteiger charge is -2.35. The van der Waals surface area contributed by atoms with E-state index < -0.39 is 69.7 Å². The molecule has 3 atom stereocenters. The highest BCUT2D eigenvalue weighted by molar-refractivity contribution is 6.13. The molecule has 108 heavy (non-hydrogen) atoms. The fourth-order valence-electron chi connectivity index (χ4n) is 11.9. The Labute approximate surface area is 617 Å². The molecule has 3 unspecified atom stereocenters. The number of likely N-dealkylation sites (N-methyl/N-ethyl adjacent to an activating group) is 2. The molecule has 1 aromatic carbocycles. The number of aromatic nitrogens is 8. The fraction of sp³-hybridized carbons (Fsp3) is 0.316. The van der Waals surface area contributed by atoms with Gasteiger partial charge in [0.05, 0.1) is 33.4 Å². The topological polar surface area (TPSA) is 328 Å². The molecule has 32 heteroatoms. The first-order valence-corrected chi connectivity index (χ1v) is 34.6. The summed E-state index contributed by atoms with van der Waals surface area (Å²) >= 11 is 0. The highest BCUT2D eigenvalue weighted by Gasteiger charge is 2.40. The summed E-state index contributed by atoms with van der Waals surface area (Å²) in [7, 11) is 3.44. The van der Waals surface area contributed by atoms with Crippen molar-refractivity contribution < 1.29 is 58.7 Å². The number of pyridine rings is 8. The molecule has 0 saturated carbocycles. The van der Waals surface area contributed by atoms with Crippen LogP contribution in [0.2, 0.25) is 0 Å². The van der Waals surface area contributed by atoms with E-state index in [1.165, 1.54) is 78.8 Å². The summed E-state index contributed by atoms with van der Waals surface area (Å²) in [6.07, 6.45) is 0.521. The number of carbonyl (C=O) groups is 4. The molecule has 11 heterocycles. The lowest BCUT2D eigenvalue weighted by molar-refractivity contribution is -0.138. The third kappa shape index (κ3) is 21.5. The van der Waals surface area contributed by atoms with Crippen LogP contribution in [0.3, 0.4) is 0 Å². The minimum absolute atomic E-state index is 0.0411. The molecule has 568 valence electrons. The summed E-state index contributed by atoms with van der Waals surface area (Å²) in [6, 6.07) is 33.1. The summed E-state index contributed by atoms with van der Waals surface area (Å²) < 4.78 is 120. The molecule has 0 amide bonds. The van der Waals surface area contributed by atoms with E-state index in [2.05, 4.69) is 96.0 Å². The number of ketones is 4. The largest absolute Gasteiger partial charge is 0.418 e. The maximum absolute atomic E-state index is 13.4. The van der Waals surface area contributed by atoms with Gasteiger partial charge < -0.3 is 58.9 Å². The fourth-order valence-corrected chi connectivity index (χ4v) is 11.9. The zero-order valence-corrected chi connectivity index (χ0v) is 59.5. The number of benzene rings is 1. The number of alkyl halides is 9. The van der Waals surface area contributed by atoms with Crippen LogP contribution in [0.25, 0.3) is 6.08 Å². The quantitative estimate of drug-likeness (QED) is 0.0253. The molecule has 9 aromatic rings. The van der Waals surface area contributed by atoms with E-state index in [1.807, 2.05) is 50.3 Å². The lowest BCUT2D eigenvalue weighted by atomic mass is 10.0. The molecule has 12 rings (SSSR count). The Bertz CT molecular complexity index is 4590. The SMILES string of the molecule is C/C=C\c1ccc(N2CCNC(c3ccccc3)C2)nc1C(=O)c1cccnc1C.CNCCN(C)c1ccc(C(F)(F)F)c(C(=O)c2cccnc2N)n1.Nc1ncccc1C(=O)c1nc(NC2CCCNC2)ccc1C(F)(F)F.Nc1ncccc1C(=O)c1nc(NCC2CCCCN2)ccc1C(F)(F)F. The lowest BCUT2D eigenvalue weighted by Crippen LogP contribution is -2.46. The normalized spacial score (nSPS) is 15.9. The second kappa shape index (κ2) is 37.3. The Kier molecular flexibility index (Phi) is 27.9. The molecular formula is C76H82F9N19O4. The van der Waals surface area contributed by atoms with E-state index in [4.69, 9.17) is 22.2 Å². The number of carbonyl (C=O) groups excluding carboxylic acids is 4. The highest BCUT2D eigenvalue weighted by Crippen LogP contribution is 2.37. The molecule has 0 aliphatic carbocycles. The summed E-state index contributed by atoms with van der Waals surface area (Å²) in [5.74, 6) is -1.73. The predicted octanol–water partition coefficient (Wildman–Crippen LogP) is 11.5. The van der Waals surface area contributed by atoms with Crippen LogP contribution in [0.1, 0.15) is 143 Å². The molecule has 12 N–H and O–H groups in total. The number of anilines is 7. The predicted molar refractivity (Wildman–Crippen MR) is 396 cm³/mol. The molecule has 3 aliphatic rings. The minimum atomic E-state index is -4.71. The zero-order chi connectivity index (χ0) is 77.7. The van der Waals surface area contributed by atoms with Crippen LogP contribution in [0.4, 0.5) is 80.2 Å². The number of nitrogens with two attached hydrogens (primary N) is 3. The van der Waals surface area contributed by atoms with Gasteiger partial charge in [-0.3, -0.25) is 24.2 Å². The zero-order valence-electron chi connectivity index (χ0n) is 59.5. The molecule has 0 spiro atoms. The number of piperazine rings is 1. The van der Waals surface area contributed by atoms with Gasteiger partial charge in [-0.05, 0) is 162 Å². The van der Waals surface area contributed by atoms with Crippen LogP contribution in [0.15, 0.2) is 158 Å². The van der Waals surface area contributed by atoms with E-state index in [-0.39, 0.29) is 75.5 Å². The van der Waals surface area contributed by atoms with E-state index in [0.717, 1.165) is 94.4 Å². The Balaban J connectivity index is 0.000000167. The monoisotopic (exact) mass is 1500 g/mol. The van der Waals surface area contributed by atoms with Crippen molar-refractivity contribution >= 4 is 69.9 Å². The second-order valence-corrected chi connectivity index (χ2v) is 25.2. The van der Waals surface area contributed by atoms with Gasteiger partial charge in [0.15, 0.2) is 0 Å². The van der Waals surface area contributed by atoms with Crippen molar-refractivity contribution in [2.24, 2.45) is 0 Å². The molecule has 3 saturated heterocycles. The maximum atomic E-state index is 13.4. The average molecular weight is 1500 g/mol. The van der Waals surface area contributed by atoms with Crippen molar-refractivity contribution in [3.05, 3.63) is 237 Å². The van der Waals surface area contributed by atoms with Crippen molar-refractivity contribution in [2.45, 2.75) is 82.6 Å². The standard InChI is InChI=1S/C25H26N4O.C18H20F3N5O.C17H18F3N5O.C16H18F3N5O/c1-3-8-20-12-13-23(28-24(20)25(30)21-11-7-14-26-18(21)2)29-16-15-27-22(17-29)19-9-5-4-6-10-19;19-18(20,21)13-6-7-14(25-10-11-4-1-2-8-23-11)26-15(13)16(27)12-5-3-9-24-17(12)22;18-17(19,20)12-5-6-13(24-10-3-1-7-22-9-10)25-14(12)15(26)11-4-2-8-23-16(11)21;1-21-8-9-24(2)12-6-5-11(16(17,18)19)13(23-12)14(25)10-4-3-7-22-15(10)20/h3-14,22,27H,15-17H2,1-2H3;3,5-7,9,11,23H,1-2,4,8,10H2,(H2,22,24)(H,25,26);2,4-6,8,10,22H,1,3,7,9H2,(H2,21,23)(H,24,25);3-7,21H,8-9H2,1-2H3,(H2,20,22)/b8-3-;;;. The van der Waals surface area contributed by atoms with E-state index >= 15 is 0 Å². The molecular weight excluding hydrogens is 1410 g/mol. The number of nitrogen functional groups attached to an aromatic ring is 3. The van der Waals surface area contributed by atoms with Crippen molar-refractivity contribution in [1.82, 2.24) is 61.1 Å². The summed E-state index contributed by atoms with van der Waals surface area (Å²) in [4.78, 5) is 87.4. The first-order valence-electron chi connectivity index (χ1n) is 34.6. The van der Waals surface area contributed by atoms with Gasteiger partial charge >= 0.3 is 18.5 Å². The minimum Gasteiger partial charge on any atom is -0.383 e. The summed E-state index contributed by atoms with van der Waals surface area (Å²) in [5, 5.41) is 19.1. The number of hydrogen-bond acceptors (Lipinski definition) is 23. The van der Waals surface area contributed by atoms with E-state index in [9.17, 15) is 58.7 Å². The van der Waals surface area contributed by atoms with Crippen molar-refractivity contribution in [1.29, 1.82) is 0 Å². The van der Waals surface area contributed by atoms with Crippen LogP contribution < -0.4 is 58.9 Å². The van der Waals surface area contributed by atoms with E-state index in [0.29, 0.717) is 43.1 Å². The van der Waals surface area contributed by atoms with E-state index in [1.54, 1.807) is 31.3 Å². The number of hydrogen-bond donors (Lipinski definition) is 9. The number of nitrogens with one attached hydrogen (secondary N) is 6. The van der Waals surface area contributed by atoms with Crippen LogP contribution in [-0.4, -0.2) is 148 Å². The van der Waals surface area contributed by atoms with Gasteiger partial charge in [0.1, 0.15) is 63.5 Å². The number of piperidine rings is 2. The third-order valence-corrected chi connectivity index (χ3v) is 17.6. The summed E-state index contributed by atoms with van der Waals surface area (Å²) in [6.45, 7) is 10.4. The summed E-state index contributed by atoms with van der Waals surface area (Å²) in [5.41, 5.74) is 15.1. The molecule has 0 bridgehead atoms. The van der Waals surface area contributed by atoms with Gasteiger partial charge in [-0.25, -0.2) is 34.9 Å². The van der Waals surface area contributed by atoms with Crippen LogP contribution in [0, 0.1) is 6.92 Å². The van der Waals surface area contributed by atoms with Gasteiger partial charge in [0, 0.05) is 113 Å². The van der Waals surface area contributed by atoms with Crippen molar-refractivity contribution in [2.75, 3.05) is 111 Å². The van der Waals surface area contributed by atoms with Crippen LogP contribution in [-0.2, 0) is 18.5 Å². The number of allylic oxidation sites excluding steroid dienone is 1.